The summed E-state index contributed by atoms with van der Waals surface area (Å²) in [6, 6.07) is 11.8. The van der Waals surface area contributed by atoms with Crippen LogP contribution >= 0.6 is 11.3 Å². The van der Waals surface area contributed by atoms with Crippen LogP contribution in [0.1, 0.15) is 5.56 Å². The Labute approximate surface area is 115 Å². The largest absolute Gasteiger partial charge is 0.399 e. The molecular formula is C15H13N3S. The Kier molecular flexibility index (Phi) is 3.01. The number of hydrogen-bond acceptors (Lipinski definition) is 4. The summed E-state index contributed by atoms with van der Waals surface area (Å²) in [6.45, 7) is 2.05. The van der Waals surface area contributed by atoms with Crippen LogP contribution in [0.4, 0.5) is 5.69 Å². The second kappa shape index (κ2) is 4.82. The molecular weight excluding hydrogens is 254 g/mol. The van der Waals surface area contributed by atoms with Crippen molar-refractivity contribution in [3.63, 3.8) is 0 Å². The zero-order chi connectivity index (χ0) is 13.2. The maximum Gasteiger partial charge on any atom is 0.142 e. The molecule has 3 aromatic rings. The summed E-state index contributed by atoms with van der Waals surface area (Å²) >= 11 is 1.60. The van der Waals surface area contributed by atoms with Crippen LogP contribution in [0.2, 0.25) is 0 Å². The fourth-order valence-electron chi connectivity index (χ4n) is 1.88. The van der Waals surface area contributed by atoms with E-state index in [9.17, 15) is 0 Å². The minimum absolute atomic E-state index is 0.751. The van der Waals surface area contributed by atoms with E-state index < -0.39 is 0 Å². The summed E-state index contributed by atoms with van der Waals surface area (Å²) in [4.78, 5) is 8.99. The number of hydrogen-bond donors (Lipinski definition) is 1. The van der Waals surface area contributed by atoms with Crippen molar-refractivity contribution in [3.05, 3.63) is 53.5 Å². The fourth-order valence-corrected chi connectivity index (χ4v) is 2.67. The van der Waals surface area contributed by atoms with Gasteiger partial charge >= 0.3 is 0 Å². The first-order valence-electron chi connectivity index (χ1n) is 5.97. The highest BCUT2D eigenvalue weighted by Gasteiger charge is 2.07. The molecule has 2 N–H and O–H groups in total. The van der Waals surface area contributed by atoms with Crippen LogP contribution < -0.4 is 5.73 Å². The summed E-state index contributed by atoms with van der Waals surface area (Å²) < 4.78 is 0. The molecule has 94 valence electrons. The third kappa shape index (κ3) is 2.48. The molecule has 0 aliphatic rings. The molecule has 0 saturated heterocycles. The van der Waals surface area contributed by atoms with Gasteiger partial charge in [-0.1, -0.05) is 12.1 Å². The number of anilines is 1. The van der Waals surface area contributed by atoms with Crippen molar-refractivity contribution < 1.29 is 0 Å². The average Bonchev–Trinajstić information content (AvgIpc) is 2.88. The van der Waals surface area contributed by atoms with Crippen LogP contribution in [0.25, 0.3) is 22.0 Å². The van der Waals surface area contributed by atoms with Crippen LogP contribution in [-0.4, -0.2) is 9.97 Å². The molecule has 0 aliphatic carbocycles. The molecule has 2 heterocycles. The number of benzene rings is 1. The van der Waals surface area contributed by atoms with Gasteiger partial charge in [-0.25, -0.2) is 4.98 Å². The highest BCUT2D eigenvalue weighted by Crippen LogP contribution is 2.28. The van der Waals surface area contributed by atoms with Crippen LogP contribution in [-0.2, 0) is 0 Å². The first-order chi connectivity index (χ1) is 9.22. The number of rotatable bonds is 2. The molecule has 0 aliphatic heterocycles. The van der Waals surface area contributed by atoms with E-state index in [-0.39, 0.29) is 0 Å². The molecule has 0 amide bonds. The highest BCUT2D eigenvalue weighted by atomic mass is 32.1. The van der Waals surface area contributed by atoms with E-state index >= 15 is 0 Å². The number of thiazole rings is 1. The Morgan fingerprint density at radius 3 is 2.79 bits per heavy atom. The highest BCUT2D eigenvalue weighted by molar-refractivity contribution is 7.13. The number of pyridine rings is 1. The van der Waals surface area contributed by atoms with Gasteiger partial charge in [0.15, 0.2) is 0 Å². The van der Waals surface area contributed by atoms with E-state index in [2.05, 4.69) is 16.9 Å². The molecule has 0 spiro atoms. The van der Waals surface area contributed by atoms with Crippen molar-refractivity contribution >= 4 is 17.0 Å². The van der Waals surface area contributed by atoms with Gasteiger partial charge in [-0.05, 0) is 36.8 Å². The molecule has 3 nitrogen and oxygen atoms in total. The van der Waals surface area contributed by atoms with Crippen molar-refractivity contribution in [2.24, 2.45) is 0 Å². The third-order valence-electron chi connectivity index (χ3n) is 2.82. The lowest BCUT2D eigenvalue weighted by Gasteiger charge is -1.98. The molecule has 1 aromatic carbocycles. The van der Waals surface area contributed by atoms with Gasteiger partial charge in [0.1, 0.15) is 5.01 Å². The SMILES string of the molecule is Cc1ccnc(-c2nc(-c3cccc(N)c3)cs2)c1. The monoisotopic (exact) mass is 267 g/mol. The second-order valence-electron chi connectivity index (χ2n) is 4.38. The molecule has 3 rings (SSSR count). The van der Waals surface area contributed by atoms with E-state index in [4.69, 9.17) is 5.73 Å². The standard InChI is InChI=1S/C15H13N3S/c1-10-5-6-17-13(7-10)15-18-14(9-19-15)11-3-2-4-12(16)8-11/h2-9H,16H2,1H3. The van der Waals surface area contributed by atoms with Gasteiger partial charge in [0.25, 0.3) is 0 Å². The molecule has 0 unspecified atom stereocenters. The van der Waals surface area contributed by atoms with Crippen LogP contribution in [0.3, 0.4) is 0 Å². The lowest BCUT2D eigenvalue weighted by Crippen LogP contribution is -1.86. The molecule has 0 bridgehead atoms. The summed E-state index contributed by atoms with van der Waals surface area (Å²) in [5.41, 5.74) is 10.6. The normalized spacial score (nSPS) is 10.6. The van der Waals surface area contributed by atoms with Crippen molar-refractivity contribution in [1.82, 2.24) is 9.97 Å². The average molecular weight is 267 g/mol. The smallest absolute Gasteiger partial charge is 0.142 e. The predicted octanol–water partition coefficient (Wildman–Crippen LogP) is 3.76. The fraction of sp³-hybridized carbons (Fsp3) is 0.0667. The molecule has 19 heavy (non-hydrogen) atoms. The second-order valence-corrected chi connectivity index (χ2v) is 5.24. The zero-order valence-corrected chi connectivity index (χ0v) is 11.3. The number of nitrogen functional groups attached to an aromatic ring is 1. The maximum absolute atomic E-state index is 5.80. The van der Waals surface area contributed by atoms with Gasteiger partial charge in [-0.15, -0.1) is 11.3 Å². The lowest BCUT2D eigenvalue weighted by atomic mass is 10.1. The first kappa shape index (κ1) is 11.9. The number of nitrogens with two attached hydrogens (primary N) is 1. The van der Waals surface area contributed by atoms with E-state index in [0.717, 1.165) is 27.6 Å². The van der Waals surface area contributed by atoms with E-state index in [1.54, 1.807) is 11.3 Å². The molecule has 0 atom stereocenters. The van der Waals surface area contributed by atoms with Gasteiger partial charge in [0.05, 0.1) is 11.4 Å². The van der Waals surface area contributed by atoms with Crippen molar-refractivity contribution in [3.8, 4) is 22.0 Å². The summed E-state index contributed by atoms with van der Waals surface area (Å²) in [5.74, 6) is 0. The summed E-state index contributed by atoms with van der Waals surface area (Å²) in [6.07, 6.45) is 1.81. The molecule has 2 aromatic heterocycles. The minimum atomic E-state index is 0.751. The molecule has 0 saturated carbocycles. The van der Waals surface area contributed by atoms with Gasteiger partial charge in [0.2, 0.25) is 0 Å². The van der Waals surface area contributed by atoms with Gasteiger partial charge in [0, 0.05) is 22.8 Å². The molecule has 4 heteroatoms. The Morgan fingerprint density at radius 1 is 1.11 bits per heavy atom. The number of nitrogens with zero attached hydrogens (tertiary/aromatic N) is 2. The maximum atomic E-state index is 5.80. The van der Waals surface area contributed by atoms with Gasteiger partial charge in [-0.3, -0.25) is 4.98 Å². The first-order valence-corrected chi connectivity index (χ1v) is 6.85. The van der Waals surface area contributed by atoms with Gasteiger partial charge in [-0.2, -0.15) is 0 Å². The topological polar surface area (TPSA) is 51.8 Å². The Balaban J connectivity index is 2.00. The minimum Gasteiger partial charge on any atom is -0.399 e. The number of aryl methyl sites for hydroxylation is 1. The Hall–Kier alpha value is -2.20. The summed E-state index contributed by atoms with van der Waals surface area (Å²) in [7, 11) is 0. The number of aromatic nitrogens is 2. The Bertz CT molecular complexity index is 659. The van der Waals surface area contributed by atoms with Crippen molar-refractivity contribution in [1.29, 1.82) is 0 Å². The predicted molar refractivity (Wildman–Crippen MR) is 79.9 cm³/mol. The van der Waals surface area contributed by atoms with Gasteiger partial charge < -0.3 is 5.73 Å². The third-order valence-corrected chi connectivity index (χ3v) is 3.69. The van der Waals surface area contributed by atoms with E-state index in [0.29, 0.717) is 0 Å². The molecule has 0 radical (unpaired) electrons. The van der Waals surface area contributed by atoms with Crippen LogP contribution in [0.15, 0.2) is 48.0 Å². The van der Waals surface area contributed by atoms with Crippen molar-refractivity contribution in [2.75, 3.05) is 5.73 Å². The lowest BCUT2D eigenvalue weighted by molar-refractivity contribution is 1.26. The van der Waals surface area contributed by atoms with Crippen molar-refractivity contribution in [2.45, 2.75) is 6.92 Å². The van der Waals surface area contributed by atoms with E-state index in [1.165, 1.54) is 5.56 Å². The zero-order valence-electron chi connectivity index (χ0n) is 10.5. The summed E-state index contributed by atoms with van der Waals surface area (Å²) in [5, 5.41) is 2.97. The quantitative estimate of drug-likeness (QED) is 0.719. The van der Waals surface area contributed by atoms with E-state index in [1.807, 2.05) is 48.0 Å². The van der Waals surface area contributed by atoms with Crippen LogP contribution in [0, 0.1) is 6.92 Å². The Morgan fingerprint density at radius 2 is 2.00 bits per heavy atom. The van der Waals surface area contributed by atoms with Crippen LogP contribution in [0.5, 0.6) is 0 Å². The molecule has 0 fully saturated rings.